The van der Waals surface area contributed by atoms with Gasteiger partial charge in [-0.1, -0.05) is 19.9 Å². The summed E-state index contributed by atoms with van der Waals surface area (Å²) in [6.45, 7) is 8.56. The number of ether oxygens (including phenoxy) is 1. The number of aromatic nitrogens is 3. The molecule has 0 spiro atoms. The normalized spacial score (nSPS) is 13.2. The number of urea groups is 1. The Bertz CT molecular complexity index is 1530. The number of hydrogen-bond donors (Lipinski definition) is 3. The lowest BCUT2D eigenvalue weighted by Gasteiger charge is -2.14. The first-order chi connectivity index (χ1) is 18.8. The Labute approximate surface area is 227 Å². The third-order valence-corrected chi connectivity index (χ3v) is 6.82. The number of rotatable bonds is 9. The summed E-state index contributed by atoms with van der Waals surface area (Å²) in [4.78, 5) is 34.8. The Balaban J connectivity index is 1.26. The van der Waals surface area contributed by atoms with Crippen LogP contribution in [-0.2, 0) is 7.05 Å². The molecule has 2 aromatic heterocycles. The van der Waals surface area contributed by atoms with Gasteiger partial charge in [0, 0.05) is 57.2 Å². The Hall–Kier alpha value is -4.60. The number of fused-ring (bicyclic) bond motifs is 1. The minimum Gasteiger partial charge on any atom is -0.457 e. The van der Waals surface area contributed by atoms with E-state index in [9.17, 15) is 9.59 Å². The van der Waals surface area contributed by atoms with Gasteiger partial charge >= 0.3 is 6.03 Å². The van der Waals surface area contributed by atoms with E-state index in [0.29, 0.717) is 43.6 Å². The van der Waals surface area contributed by atoms with Gasteiger partial charge in [-0.3, -0.25) is 9.78 Å². The molecule has 0 aliphatic carbocycles. The number of aryl methyl sites for hydroxylation is 2. The highest BCUT2D eigenvalue weighted by Gasteiger charge is 2.19. The molecule has 5 rings (SSSR count). The molecule has 3 heterocycles. The van der Waals surface area contributed by atoms with E-state index in [1.807, 2.05) is 29.8 Å². The number of anilines is 2. The predicted molar refractivity (Wildman–Crippen MR) is 151 cm³/mol. The SMILES string of the molecule is Cc1ccc(Nc2nc3cc(Oc4ccnc(C(=O)NCCN5CCNC5=O)c4)ccc3n2C)cc1C(C)C. The quantitative estimate of drug-likeness (QED) is 0.291. The number of hydrogen-bond acceptors (Lipinski definition) is 6. The van der Waals surface area contributed by atoms with E-state index < -0.39 is 0 Å². The minimum atomic E-state index is -0.326. The number of carbonyl (C=O) groups excluding carboxylic acids is 2. The highest BCUT2D eigenvalue weighted by atomic mass is 16.5. The first-order valence-corrected chi connectivity index (χ1v) is 13.1. The predicted octanol–water partition coefficient (Wildman–Crippen LogP) is 4.69. The van der Waals surface area contributed by atoms with Crippen LogP contribution in [0, 0.1) is 6.92 Å². The zero-order valence-electron chi connectivity index (χ0n) is 22.6. The van der Waals surface area contributed by atoms with Gasteiger partial charge < -0.3 is 30.2 Å². The fourth-order valence-corrected chi connectivity index (χ4v) is 4.68. The molecule has 0 unspecified atom stereocenters. The van der Waals surface area contributed by atoms with Gasteiger partial charge in [0.25, 0.3) is 5.91 Å². The molecule has 10 nitrogen and oxygen atoms in total. The second kappa shape index (κ2) is 11.0. The van der Waals surface area contributed by atoms with Crippen LogP contribution in [0.5, 0.6) is 11.5 Å². The van der Waals surface area contributed by atoms with E-state index in [-0.39, 0.29) is 17.6 Å². The van der Waals surface area contributed by atoms with Crippen LogP contribution in [0.25, 0.3) is 11.0 Å². The average molecular weight is 528 g/mol. The molecule has 1 aliphatic rings. The second-order valence-corrected chi connectivity index (χ2v) is 9.95. The Morgan fingerprint density at radius 1 is 1.13 bits per heavy atom. The summed E-state index contributed by atoms with van der Waals surface area (Å²) >= 11 is 0. The van der Waals surface area contributed by atoms with Crippen LogP contribution in [0.1, 0.15) is 41.4 Å². The van der Waals surface area contributed by atoms with Gasteiger partial charge in [0.05, 0.1) is 11.0 Å². The van der Waals surface area contributed by atoms with Crippen molar-refractivity contribution >= 4 is 34.6 Å². The van der Waals surface area contributed by atoms with Crippen molar-refractivity contribution < 1.29 is 14.3 Å². The molecule has 1 aliphatic heterocycles. The molecule has 1 fully saturated rings. The third-order valence-electron chi connectivity index (χ3n) is 6.82. The standard InChI is InChI=1S/C29H33N7O3/c1-18(2)23-15-20(6-5-19(23)3)33-28-34-24-16-21(7-8-26(24)35(28)4)39-22-9-10-30-25(17-22)27(37)31-11-13-36-14-12-32-29(36)38/h5-10,15-18H,11-14H2,1-4H3,(H,31,37)(H,32,38)(H,33,34). The van der Waals surface area contributed by atoms with E-state index >= 15 is 0 Å². The summed E-state index contributed by atoms with van der Waals surface area (Å²) in [5.74, 6) is 1.93. The molecule has 4 aromatic rings. The van der Waals surface area contributed by atoms with E-state index in [2.05, 4.69) is 59.9 Å². The summed E-state index contributed by atoms with van der Waals surface area (Å²) in [6, 6.07) is 15.3. The highest BCUT2D eigenvalue weighted by molar-refractivity contribution is 5.92. The number of nitrogens with one attached hydrogen (secondary N) is 3. The maximum atomic E-state index is 12.6. The Morgan fingerprint density at radius 2 is 1.95 bits per heavy atom. The summed E-state index contributed by atoms with van der Waals surface area (Å²) in [6.07, 6.45) is 1.53. The second-order valence-electron chi connectivity index (χ2n) is 9.95. The van der Waals surface area contributed by atoms with Gasteiger partial charge in [-0.2, -0.15) is 0 Å². The molecule has 0 saturated carbocycles. The maximum absolute atomic E-state index is 12.6. The van der Waals surface area contributed by atoms with Crippen LogP contribution in [0.2, 0.25) is 0 Å². The van der Waals surface area contributed by atoms with Crippen molar-refractivity contribution in [2.75, 3.05) is 31.5 Å². The van der Waals surface area contributed by atoms with Gasteiger partial charge in [-0.05, 0) is 54.3 Å². The molecular weight excluding hydrogens is 494 g/mol. The third kappa shape index (κ3) is 5.79. The van der Waals surface area contributed by atoms with E-state index in [1.54, 1.807) is 17.0 Å². The van der Waals surface area contributed by atoms with Crippen molar-refractivity contribution in [1.82, 2.24) is 30.1 Å². The monoisotopic (exact) mass is 527 g/mol. The van der Waals surface area contributed by atoms with Gasteiger partial charge in [0.2, 0.25) is 5.95 Å². The molecule has 0 radical (unpaired) electrons. The van der Waals surface area contributed by atoms with Crippen LogP contribution in [0.3, 0.4) is 0 Å². The van der Waals surface area contributed by atoms with Crippen LogP contribution in [0.4, 0.5) is 16.4 Å². The topological polar surface area (TPSA) is 113 Å². The zero-order chi connectivity index (χ0) is 27.5. The fraction of sp³-hybridized carbons (Fsp3) is 0.310. The first kappa shape index (κ1) is 26.0. The summed E-state index contributed by atoms with van der Waals surface area (Å²) in [5, 5.41) is 8.99. The largest absolute Gasteiger partial charge is 0.457 e. The number of carbonyl (C=O) groups is 2. The van der Waals surface area contributed by atoms with Crippen LogP contribution < -0.4 is 20.7 Å². The molecule has 0 atom stereocenters. The molecule has 1 saturated heterocycles. The maximum Gasteiger partial charge on any atom is 0.317 e. The lowest BCUT2D eigenvalue weighted by Crippen LogP contribution is -2.37. The van der Waals surface area contributed by atoms with Gasteiger partial charge in [-0.25, -0.2) is 9.78 Å². The van der Waals surface area contributed by atoms with Crippen molar-refractivity contribution in [3.05, 3.63) is 71.5 Å². The Kier molecular flexibility index (Phi) is 7.36. The fourth-order valence-electron chi connectivity index (χ4n) is 4.68. The van der Waals surface area contributed by atoms with Crippen LogP contribution in [-0.4, -0.2) is 57.6 Å². The Morgan fingerprint density at radius 3 is 2.72 bits per heavy atom. The van der Waals surface area contributed by atoms with E-state index in [0.717, 1.165) is 22.7 Å². The van der Waals surface area contributed by atoms with Gasteiger partial charge in [0.15, 0.2) is 0 Å². The number of pyridine rings is 1. The lowest BCUT2D eigenvalue weighted by atomic mass is 9.97. The molecule has 3 N–H and O–H groups in total. The molecular formula is C29H33N7O3. The van der Waals surface area contributed by atoms with Crippen molar-refractivity contribution in [1.29, 1.82) is 0 Å². The molecule has 2 aromatic carbocycles. The molecule has 39 heavy (non-hydrogen) atoms. The highest BCUT2D eigenvalue weighted by Crippen LogP contribution is 2.29. The number of nitrogens with zero attached hydrogens (tertiary/aromatic N) is 4. The lowest BCUT2D eigenvalue weighted by molar-refractivity contribution is 0.0945. The average Bonchev–Trinajstić information content (AvgIpc) is 3.46. The van der Waals surface area contributed by atoms with Crippen molar-refractivity contribution in [2.45, 2.75) is 26.7 Å². The van der Waals surface area contributed by atoms with Gasteiger partial charge in [-0.15, -0.1) is 0 Å². The smallest absolute Gasteiger partial charge is 0.317 e. The van der Waals surface area contributed by atoms with E-state index in [4.69, 9.17) is 9.72 Å². The molecule has 3 amide bonds. The van der Waals surface area contributed by atoms with Gasteiger partial charge in [0.1, 0.15) is 17.2 Å². The summed E-state index contributed by atoms with van der Waals surface area (Å²) in [5.41, 5.74) is 5.55. The van der Waals surface area contributed by atoms with Crippen molar-refractivity contribution in [3.63, 3.8) is 0 Å². The summed E-state index contributed by atoms with van der Waals surface area (Å²) < 4.78 is 8.06. The molecule has 0 bridgehead atoms. The number of imidazole rings is 1. The summed E-state index contributed by atoms with van der Waals surface area (Å²) in [7, 11) is 1.97. The van der Waals surface area contributed by atoms with Crippen molar-refractivity contribution in [3.8, 4) is 11.5 Å². The minimum absolute atomic E-state index is 0.110. The van der Waals surface area contributed by atoms with Crippen molar-refractivity contribution in [2.24, 2.45) is 7.05 Å². The number of amides is 3. The van der Waals surface area contributed by atoms with E-state index in [1.165, 1.54) is 17.3 Å². The molecule has 202 valence electrons. The zero-order valence-corrected chi connectivity index (χ0v) is 22.6. The van der Waals surface area contributed by atoms with Crippen LogP contribution in [0.15, 0.2) is 54.7 Å². The molecule has 10 heteroatoms. The first-order valence-electron chi connectivity index (χ1n) is 13.1. The number of benzene rings is 2. The van der Waals surface area contributed by atoms with Crippen LogP contribution >= 0.6 is 0 Å².